The Morgan fingerprint density at radius 1 is 1.24 bits per heavy atom. The predicted octanol–water partition coefficient (Wildman–Crippen LogP) is 1.95. The molecule has 0 spiro atoms. The third-order valence-corrected chi connectivity index (χ3v) is 4.20. The number of aromatic hydroxyl groups is 1. The van der Waals surface area contributed by atoms with Crippen LogP contribution in [0.1, 0.15) is 33.3 Å². The monoisotopic (exact) mass is 290 g/mol. The lowest BCUT2D eigenvalue weighted by Gasteiger charge is -2.32. The Hall–Kier alpha value is -1.50. The smallest absolute Gasteiger partial charge is 0.491 e. The van der Waals surface area contributed by atoms with E-state index in [1.807, 2.05) is 33.8 Å². The van der Waals surface area contributed by atoms with Crippen molar-refractivity contribution in [2.45, 2.75) is 38.9 Å². The van der Waals surface area contributed by atoms with E-state index in [0.29, 0.717) is 12.2 Å². The van der Waals surface area contributed by atoms with E-state index in [0.717, 1.165) is 11.0 Å². The average Bonchev–Trinajstić information content (AvgIpc) is 2.59. The van der Waals surface area contributed by atoms with Gasteiger partial charge >= 0.3 is 7.12 Å². The standard InChI is InChI=1S/C15H23BN2O3/c1-14(2)15(3,4)21-16(20-14)11(9-17)7-10-5-6-13(19)12(18)8-10/h5-8,19H,9,17-18H2,1-4H3. The second kappa shape index (κ2) is 5.37. The average molecular weight is 290 g/mol. The van der Waals surface area contributed by atoms with Crippen molar-refractivity contribution in [3.63, 3.8) is 0 Å². The lowest BCUT2D eigenvalue weighted by Crippen LogP contribution is -2.41. The highest BCUT2D eigenvalue weighted by Gasteiger charge is 2.52. The Morgan fingerprint density at radius 2 is 1.81 bits per heavy atom. The second-order valence-corrected chi connectivity index (χ2v) is 6.33. The summed E-state index contributed by atoms with van der Waals surface area (Å²) in [5.41, 5.74) is 12.7. The van der Waals surface area contributed by atoms with Crippen LogP contribution < -0.4 is 11.5 Å². The zero-order chi connectivity index (χ0) is 15.8. The molecule has 0 aromatic heterocycles. The van der Waals surface area contributed by atoms with Crippen LogP contribution in [0.25, 0.3) is 6.08 Å². The summed E-state index contributed by atoms with van der Waals surface area (Å²) in [6.45, 7) is 8.32. The van der Waals surface area contributed by atoms with Crippen LogP contribution in [0.4, 0.5) is 5.69 Å². The van der Waals surface area contributed by atoms with Gasteiger partial charge < -0.3 is 25.9 Å². The first-order valence-corrected chi connectivity index (χ1v) is 7.01. The number of benzene rings is 1. The number of phenols is 1. The molecule has 1 heterocycles. The van der Waals surface area contributed by atoms with Gasteiger partial charge in [-0.15, -0.1) is 0 Å². The van der Waals surface area contributed by atoms with Crippen molar-refractivity contribution in [1.82, 2.24) is 0 Å². The van der Waals surface area contributed by atoms with Crippen molar-refractivity contribution < 1.29 is 14.4 Å². The molecular formula is C15H23BN2O3. The molecule has 6 heteroatoms. The van der Waals surface area contributed by atoms with Gasteiger partial charge in [-0.1, -0.05) is 12.1 Å². The van der Waals surface area contributed by atoms with E-state index >= 15 is 0 Å². The first-order valence-electron chi connectivity index (χ1n) is 7.01. The summed E-state index contributed by atoms with van der Waals surface area (Å²) in [7, 11) is -0.477. The molecule has 0 saturated carbocycles. The van der Waals surface area contributed by atoms with E-state index in [4.69, 9.17) is 20.8 Å². The molecule has 5 N–H and O–H groups in total. The topological polar surface area (TPSA) is 90.7 Å². The minimum absolute atomic E-state index is 0.0667. The summed E-state index contributed by atoms with van der Waals surface area (Å²) in [6.07, 6.45) is 1.89. The molecule has 1 aromatic carbocycles. The van der Waals surface area contributed by atoms with Gasteiger partial charge in [0.05, 0.1) is 16.9 Å². The molecule has 0 amide bonds. The van der Waals surface area contributed by atoms with Crippen LogP contribution >= 0.6 is 0 Å². The first kappa shape index (κ1) is 15.9. The van der Waals surface area contributed by atoms with Crippen LogP contribution in [0.2, 0.25) is 0 Å². The Morgan fingerprint density at radius 3 is 2.29 bits per heavy atom. The van der Waals surface area contributed by atoms with Crippen LogP contribution in [0.5, 0.6) is 5.75 Å². The normalized spacial score (nSPS) is 20.8. The van der Waals surface area contributed by atoms with Crippen molar-refractivity contribution in [3.05, 3.63) is 29.2 Å². The van der Waals surface area contributed by atoms with Crippen LogP contribution in [0.15, 0.2) is 23.7 Å². The minimum Gasteiger partial charge on any atom is -0.506 e. The molecule has 0 unspecified atom stereocenters. The molecule has 1 fully saturated rings. The summed E-state index contributed by atoms with van der Waals surface area (Å²) in [6, 6.07) is 5.02. The molecule has 0 atom stereocenters. The van der Waals surface area contributed by atoms with Crippen LogP contribution in [-0.4, -0.2) is 30.0 Å². The zero-order valence-corrected chi connectivity index (χ0v) is 13.0. The van der Waals surface area contributed by atoms with E-state index in [1.54, 1.807) is 18.2 Å². The molecule has 5 nitrogen and oxygen atoms in total. The van der Waals surface area contributed by atoms with Crippen LogP contribution in [0.3, 0.4) is 0 Å². The molecular weight excluding hydrogens is 267 g/mol. The molecule has 0 bridgehead atoms. The van der Waals surface area contributed by atoms with E-state index in [9.17, 15) is 5.11 Å². The van der Waals surface area contributed by atoms with Gasteiger partial charge in [0.2, 0.25) is 0 Å². The van der Waals surface area contributed by atoms with E-state index < -0.39 is 18.3 Å². The Bertz CT molecular complexity index is 554. The number of hydrogen-bond acceptors (Lipinski definition) is 5. The van der Waals surface area contributed by atoms with Gasteiger partial charge in [-0.3, -0.25) is 0 Å². The SMILES string of the molecule is CC1(C)OB(C(=Cc2ccc(O)c(N)c2)CN)OC1(C)C. The van der Waals surface area contributed by atoms with Gasteiger partial charge in [0.15, 0.2) is 0 Å². The summed E-state index contributed by atoms with van der Waals surface area (Å²) >= 11 is 0. The lowest BCUT2D eigenvalue weighted by molar-refractivity contribution is 0.00578. The quantitative estimate of drug-likeness (QED) is 0.449. The number of hydrogen-bond donors (Lipinski definition) is 3. The molecule has 2 rings (SSSR count). The van der Waals surface area contributed by atoms with Gasteiger partial charge in [0, 0.05) is 6.54 Å². The molecule has 114 valence electrons. The van der Waals surface area contributed by atoms with Gasteiger partial charge in [-0.2, -0.15) is 0 Å². The molecule has 1 aliphatic rings. The molecule has 1 aromatic rings. The number of rotatable bonds is 3. The largest absolute Gasteiger partial charge is 0.506 e. The van der Waals surface area contributed by atoms with Gasteiger partial charge in [0.25, 0.3) is 0 Å². The number of nitrogens with two attached hydrogens (primary N) is 2. The van der Waals surface area contributed by atoms with Crippen molar-refractivity contribution in [3.8, 4) is 5.75 Å². The molecule has 1 saturated heterocycles. The van der Waals surface area contributed by atoms with Crippen LogP contribution in [-0.2, 0) is 9.31 Å². The van der Waals surface area contributed by atoms with E-state index in [1.165, 1.54) is 0 Å². The Balaban J connectivity index is 2.28. The maximum Gasteiger partial charge on any atom is 0.491 e. The van der Waals surface area contributed by atoms with Crippen molar-refractivity contribution >= 4 is 18.9 Å². The van der Waals surface area contributed by atoms with Crippen molar-refractivity contribution in [2.75, 3.05) is 12.3 Å². The maximum atomic E-state index is 9.46. The third kappa shape index (κ3) is 3.07. The fourth-order valence-corrected chi connectivity index (χ4v) is 2.09. The highest BCUT2D eigenvalue weighted by atomic mass is 16.7. The summed E-state index contributed by atoms with van der Waals surface area (Å²) in [5, 5.41) is 9.46. The van der Waals surface area contributed by atoms with E-state index in [-0.39, 0.29) is 5.75 Å². The summed E-state index contributed by atoms with van der Waals surface area (Å²) in [5.74, 6) is 0.0667. The zero-order valence-electron chi connectivity index (χ0n) is 13.0. The van der Waals surface area contributed by atoms with Crippen molar-refractivity contribution in [1.29, 1.82) is 0 Å². The minimum atomic E-state index is -0.477. The molecule has 0 radical (unpaired) electrons. The first-order chi connectivity index (χ1) is 9.66. The van der Waals surface area contributed by atoms with Crippen LogP contribution in [0, 0.1) is 0 Å². The number of nitrogen functional groups attached to an aromatic ring is 1. The second-order valence-electron chi connectivity index (χ2n) is 6.33. The fourth-order valence-electron chi connectivity index (χ4n) is 2.09. The van der Waals surface area contributed by atoms with E-state index in [2.05, 4.69) is 0 Å². The Kier molecular flexibility index (Phi) is 4.06. The summed E-state index contributed by atoms with van der Waals surface area (Å²) in [4.78, 5) is 0. The number of anilines is 1. The lowest BCUT2D eigenvalue weighted by atomic mass is 9.77. The molecule has 0 aliphatic carbocycles. The Labute approximate surface area is 126 Å². The van der Waals surface area contributed by atoms with Gasteiger partial charge in [-0.05, 0) is 50.9 Å². The van der Waals surface area contributed by atoms with Crippen molar-refractivity contribution in [2.24, 2.45) is 5.73 Å². The highest BCUT2D eigenvalue weighted by molar-refractivity contribution is 6.55. The van der Waals surface area contributed by atoms with Gasteiger partial charge in [0.1, 0.15) is 5.75 Å². The molecule has 1 aliphatic heterocycles. The number of phenolic OH excluding ortho intramolecular Hbond substituents is 1. The fraction of sp³-hybridized carbons (Fsp3) is 0.467. The summed E-state index contributed by atoms with van der Waals surface area (Å²) < 4.78 is 12.0. The highest BCUT2D eigenvalue weighted by Crippen LogP contribution is 2.38. The molecule has 21 heavy (non-hydrogen) atoms. The van der Waals surface area contributed by atoms with Gasteiger partial charge in [-0.25, -0.2) is 0 Å². The predicted molar refractivity (Wildman–Crippen MR) is 85.6 cm³/mol. The third-order valence-electron chi connectivity index (χ3n) is 4.20. The maximum absolute atomic E-state index is 9.46.